The first-order valence-corrected chi connectivity index (χ1v) is 7.48. The summed E-state index contributed by atoms with van der Waals surface area (Å²) >= 11 is 1.82. The summed E-state index contributed by atoms with van der Waals surface area (Å²) < 4.78 is 1.37. The summed E-state index contributed by atoms with van der Waals surface area (Å²) in [5.74, 6) is 0. The summed E-state index contributed by atoms with van der Waals surface area (Å²) in [5, 5.41) is 3.65. The minimum atomic E-state index is 0.125. The third-order valence-electron chi connectivity index (χ3n) is 3.51. The van der Waals surface area contributed by atoms with E-state index in [1.165, 1.54) is 21.2 Å². The molecule has 0 bridgehead atoms. The van der Waals surface area contributed by atoms with Gasteiger partial charge in [0.15, 0.2) is 0 Å². The lowest BCUT2D eigenvalue weighted by Gasteiger charge is -2.11. The molecule has 0 amide bonds. The molecule has 1 aromatic heterocycles. The van der Waals surface area contributed by atoms with Crippen molar-refractivity contribution in [1.82, 2.24) is 0 Å². The fourth-order valence-corrected chi connectivity index (χ4v) is 3.40. The third kappa shape index (κ3) is 2.70. The molecule has 1 atom stereocenters. The predicted molar refractivity (Wildman–Crippen MR) is 83.5 cm³/mol. The SMILES string of the molecule is NC(CCc1csc2ccccc12)c1ccccc1. The number of thiophene rings is 1. The van der Waals surface area contributed by atoms with Crippen LogP contribution < -0.4 is 5.73 Å². The van der Waals surface area contributed by atoms with Gasteiger partial charge >= 0.3 is 0 Å². The van der Waals surface area contributed by atoms with Crippen LogP contribution in [0, 0.1) is 0 Å². The molecule has 0 radical (unpaired) electrons. The highest BCUT2D eigenvalue weighted by atomic mass is 32.1. The summed E-state index contributed by atoms with van der Waals surface area (Å²) in [6.45, 7) is 0. The van der Waals surface area contributed by atoms with Crippen molar-refractivity contribution >= 4 is 21.4 Å². The molecule has 96 valence electrons. The van der Waals surface area contributed by atoms with Gasteiger partial charge in [0.05, 0.1) is 0 Å². The molecule has 3 aromatic rings. The van der Waals surface area contributed by atoms with Gasteiger partial charge in [-0.2, -0.15) is 0 Å². The number of fused-ring (bicyclic) bond motifs is 1. The van der Waals surface area contributed by atoms with Crippen LogP contribution in [0.25, 0.3) is 10.1 Å². The van der Waals surface area contributed by atoms with E-state index in [1.54, 1.807) is 0 Å². The maximum atomic E-state index is 6.26. The molecule has 0 fully saturated rings. The van der Waals surface area contributed by atoms with Gasteiger partial charge in [0.25, 0.3) is 0 Å². The van der Waals surface area contributed by atoms with Gasteiger partial charge in [-0.05, 0) is 40.8 Å². The largest absolute Gasteiger partial charge is 0.324 e. The molecule has 1 nitrogen and oxygen atoms in total. The van der Waals surface area contributed by atoms with Gasteiger partial charge in [-0.1, -0.05) is 48.5 Å². The molecule has 1 heterocycles. The summed E-state index contributed by atoms with van der Waals surface area (Å²) in [7, 11) is 0. The van der Waals surface area contributed by atoms with Crippen LogP contribution in [0.2, 0.25) is 0 Å². The second-order valence-corrected chi connectivity index (χ2v) is 5.72. The van der Waals surface area contributed by atoms with Crippen LogP contribution in [0.1, 0.15) is 23.6 Å². The Balaban J connectivity index is 1.73. The van der Waals surface area contributed by atoms with Crippen LogP contribution in [0.3, 0.4) is 0 Å². The van der Waals surface area contributed by atoms with Crippen molar-refractivity contribution in [3.63, 3.8) is 0 Å². The molecule has 2 aromatic carbocycles. The second-order valence-electron chi connectivity index (χ2n) is 4.81. The standard InChI is InChI=1S/C17H17NS/c18-16(13-6-2-1-3-7-13)11-10-14-12-19-17-9-5-4-8-15(14)17/h1-9,12,16H,10-11,18H2. The molecule has 0 aliphatic rings. The molecule has 0 spiro atoms. The Morgan fingerprint density at radius 3 is 2.53 bits per heavy atom. The molecule has 2 heteroatoms. The van der Waals surface area contributed by atoms with E-state index in [-0.39, 0.29) is 6.04 Å². The number of aryl methyl sites for hydroxylation is 1. The summed E-state index contributed by atoms with van der Waals surface area (Å²) in [5.41, 5.74) is 8.91. The van der Waals surface area contributed by atoms with Gasteiger partial charge < -0.3 is 5.73 Å². The summed E-state index contributed by atoms with van der Waals surface area (Å²) in [6.07, 6.45) is 2.03. The van der Waals surface area contributed by atoms with Crippen LogP contribution in [-0.4, -0.2) is 0 Å². The molecule has 0 aliphatic carbocycles. The second kappa shape index (κ2) is 5.55. The van der Waals surface area contributed by atoms with Crippen molar-refractivity contribution in [3.05, 3.63) is 71.1 Å². The van der Waals surface area contributed by atoms with Crippen molar-refractivity contribution in [1.29, 1.82) is 0 Å². The average Bonchev–Trinajstić information content (AvgIpc) is 2.89. The van der Waals surface area contributed by atoms with Crippen molar-refractivity contribution < 1.29 is 0 Å². The van der Waals surface area contributed by atoms with Gasteiger partial charge in [0.1, 0.15) is 0 Å². The van der Waals surface area contributed by atoms with E-state index in [0.29, 0.717) is 0 Å². The Morgan fingerprint density at radius 1 is 0.947 bits per heavy atom. The lowest BCUT2D eigenvalue weighted by Crippen LogP contribution is -2.10. The Labute approximate surface area is 117 Å². The molecule has 2 N–H and O–H groups in total. The first-order chi connectivity index (χ1) is 9.34. The highest BCUT2D eigenvalue weighted by molar-refractivity contribution is 7.17. The van der Waals surface area contributed by atoms with E-state index in [9.17, 15) is 0 Å². The zero-order valence-corrected chi connectivity index (χ0v) is 11.6. The third-order valence-corrected chi connectivity index (χ3v) is 4.53. The molecular formula is C17H17NS. The van der Waals surface area contributed by atoms with Crippen LogP contribution >= 0.6 is 11.3 Å². The van der Waals surface area contributed by atoms with E-state index < -0.39 is 0 Å². The molecule has 0 aliphatic heterocycles. The smallest absolute Gasteiger partial charge is 0.0345 e. The average molecular weight is 267 g/mol. The number of hydrogen-bond acceptors (Lipinski definition) is 2. The summed E-state index contributed by atoms with van der Waals surface area (Å²) in [6, 6.07) is 19.1. The molecular weight excluding hydrogens is 250 g/mol. The monoisotopic (exact) mass is 267 g/mol. The fraction of sp³-hybridized carbons (Fsp3) is 0.176. The van der Waals surface area contributed by atoms with Gasteiger partial charge in [0, 0.05) is 10.7 Å². The summed E-state index contributed by atoms with van der Waals surface area (Å²) in [4.78, 5) is 0. The van der Waals surface area contributed by atoms with Gasteiger partial charge in [-0.15, -0.1) is 11.3 Å². The number of nitrogens with two attached hydrogens (primary N) is 1. The van der Waals surface area contributed by atoms with Crippen molar-refractivity contribution in [3.8, 4) is 0 Å². The minimum Gasteiger partial charge on any atom is -0.324 e. The molecule has 0 saturated heterocycles. The molecule has 3 rings (SSSR count). The topological polar surface area (TPSA) is 26.0 Å². The normalized spacial score (nSPS) is 12.7. The zero-order valence-electron chi connectivity index (χ0n) is 10.8. The van der Waals surface area contributed by atoms with Crippen molar-refractivity contribution in [2.75, 3.05) is 0 Å². The lowest BCUT2D eigenvalue weighted by atomic mass is 9.99. The first kappa shape index (κ1) is 12.4. The van der Waals surface area contributed by atoms with E-state index in [1.807, 2.05) is 17.4 Å². The van der Waals surface area contributed by atoms with Crippen LogP contribution in [0.5, 0.6) is 0 Å². The van der Waals surface area contributed by atoms with Crippen LogP contribution in [0.15, 0.2) is 60.0 Å². The maximum Gasteiger partial charge on any atom is 0.0345 e. The minimum absolute atomic E-state index is 0.125. The van der Waals surface area contributed by atoms with Crippen LogP contribution in [0.4, 0.5) is 0 Å². The predicted octanol–water partition coefficient (Wildman–Crippen LogP) is 4.53. The number of hydrogen-bond donors (Lipinski definition) is 1. The van der Waals surface area contributed by atoms with Crippen molar-refractivity contribution in [2.24, 2.45) is 5.73 Å². The van der Waals surface area contributed by atoms with E-state index in [2.05, 4.69) is 53.9 Å². The molecule has 19 heavy (non-hydrogen) atoms. The van der Waals surface area contributed by atoms with Gasteiger partial charge in [0.2, 0.25) is 0 Å². The Kier molecular flexibility index (Phi) is 3.62. The lowest BCUT2D eigenvalue weighted by molar-refractivity contribution is 0.654. The van der Waals surface area contributed by atoms with Gasteiger partial charge in [-0.3, -0.25) is 0 Å². The Morgan fingerprint density at radius 2 is 1.68 bits per heavy atom. The van der Waals surface area contributed by atoms with E-state index in [4.69, 9.17) is 5.73 Å². The first-order valence-electron chi connectivity index (χ1n) is 6.60. The number of rotatable bonds is 4. The molecule has 1 unspecified atom stereocenters. The molecule has 0 saturated carbocycles. The van der Waals surface area contributed by atoms with E-state index >= 15 is 0 Å². The zero-order chi connectivity index (χ0) is 13.1. The quantitative estimate of drug-likeness (QED) is 0.738. The fourth-order valence-electron chi connectivity index (χ4n) is 2.40. The van der Waals surface area contributed by atoms with Crippen LogP contribution in [-0.2, 0) is 6.42 Å². The van der Waals surface area contributed by atoms with E-state index in [0.717, 1.165) is 12.8 Å². The highest BCUT2D eigenvalue weighted by Gasteiger charge is 2.08. The van der Waals surface area contributed by atoms with Gasteiger partial charge in [-0.25, -0.2) is 0 Å². The highest BCUT2D eigenvalue weighted by Crippen LogP contribution is 2.28. The number of benzene rings is 2. The maximum absolute atomic E-state index is 6.26. The van der Waals surface area contributed by atoms with Crippen molar-refractivity contribution in [2.45, 2.75) is 18.9 Å². The Hall–Kier alpha value is -1.64. The Bertz CT molecular complexity index is 657.